The summed E-state index contributed by atoms with van der Waals surface area (Å²) < 4.78 is 58.2. The van der Waals surface area contributed by atoms with Crippen molar-refractivity contribution in [3.63, 3.8) is 0 Å². The predicted octanol–water partition coefficient (Wildman–Crippen LogP) is 5.26. The highest BCUT2D eigenvalue weighted by atomic mass is 19.4. The topological polar surface area (TPSA) is 13.1 Å². The average Bonchev–Trinajstić information content (AvgIpc) is 2.77. The standard InChI is InChI=1S/C15H8F4O/c16-10-5-3-4-9(8-10)14-13(15(17,18)19)11-6-1-2-7-12(11)20-14/h1-8H. The van der Waals surface area contributed by atoms with Gasteiger partial charge in [0.15, 0.2) is 0 Å². The molecule has 0 radical (unpaired) electrons. The van der Waals surface area contributed by atoms with Crippen molar-refractivity contribution in [2.75, 3.05) is 0 Å². The first kappa shape index (κ1) is 12.7. The van der Waals surface area contributed by atoms with Crippen molar-refractivity contribution >= 4 is 11.0 Å². The molecule has 0 fully saturated rings. The molecular formula is C15H8F4O. The molecule has 3 aromatic rings. The van der Waals surface area contributed by atoms with Gasteiger partial charge in [-0.25, -0.2) is 4.39 Å². The summed E-state index contributed by atoms with van der Waals surface area (Å²) >= 11 is 0. The second-order valence-corrected chi connectivity index (χ2v) is 4.31. The van der Waals surface area contributed by atoms with Gasteiger partial charge in [0, 0.05) is 10.9 Å². The lowest BCUT2D eigenvalue weighted by Crippen LogP contribution is -2.05. The smallest absolute Gasteiger partial charge is 0.420 e. The van der Waals surface area contributed by atoms with Gasteiger partial charge in [-0.1, -0.05) is 30.3 Å². The van der Waals surface area contributed by atoms with Crippen LogP contribution in [0.5, 0.6) is 0 Å². The van der Waals surface area contributed by atoms with Crippen LogP contribution in [0.1, 0.15) is 5.56 Å². The van der Waals surface area contributed by atoms with Crippen LogP contribution in [0.25, 0.3) is 22.3 Å². The van der Waals surface area contributed by atoms with E-state index < -0.39 is 17.6 Å². The maximum atomic E-state index is 13.2. The van der Waals surface area contributed by atoms with Gasteiger partial charge in [0.1, 0.15) is 22.7 Å². The third-order valence-corrected chi connectivity index (χ3v) is 2.97. The Kier molecular flexibility index (Phi) is 2.78. The highest BCUT2D eigenvalue weighted by Crippen LogP contribution is 2.43. The van der Waals surface area contributed by atoms with Crippen molar-refractivity contribution in [1.82, 2.24) is 0 Å². The minimum absolute atomic E-state index is 0.0285. The number of hydrogen-bond donors (Lipinski definition) is 0. The van der Waals surface area contributed by atoms with Crippen LogP contribution in [0.15, 0.2) is 52.9 Å². The molecule has 0 aliphatic rings. The van der Waals surface area contributed by atoms with Crippen LogP contribution in [0.4, 0.5) is 17.6 Å². The highest BCUT2D eigenvalue weighted by Gasteiger charge is 2.38. The molecule has 20 heavy (non-hydrogen) atoms. The zero-order valence-electron chi connectivity index (χ0n) is 10.0. The van der Waals surface area contributed by atoms with E-state index in [1.165, 1.54) is 36.4 Å². The van der Waals surface area contributed by atoms with Crippen molar-refractivity contribution in [2.45, 2.75) is 6.18 Å². The maximum absolute atomic E-state index is 13.2. The van der Waals surface area contributed by atoms with E-state index in [-0.39, 0.29) is 22.3 Å². The molecule has 0 saturated carbocycles. The summed E-state index contributed by atoms with van der Waals surface area (Å²) in [6, 6.07) is 10.8. The molecule has 0 spiro atoms. The molecule has 5 heteroatoms. The molecule has 0 aliphatic carbocycles. The van der Waals surface area contributed by atoms with Gasteiger partial charge < -0.3 is 4.42 Å². The Morgan fingerprint density at radius 1 is 0.900 bits per heavy atom. The molecule has 0 aliphatic heterocycles. The van der Waals surface area contributed by atoms with E-state index in [2.05, 4.69) is 0 Å². The molecule has 1 aromatic heterocycles. The van der Waals surface area contributed by atoms with Crippen molar-refractivity contribution < 1.29 is 22.0 Å². The highest BCUT2D eigenvalue weighted by molar-refractivity contribution is 5.88. The van der Waals surface area contributed by atoms with Crippen LogP contribution in [-0.2, 0) is 6.18 Å². The largest absolute Gasteiger partial charge is 0.455 e. The number of halogens is 4. The first-order chi connectivity index (χ1) is 9.47. The predicted molar refractivity (Wildman–Crippen MR) is 66.6 cm³/mol. The van der Waals surface area contributed by atoms with Gasteiger partial charge in [0.2, 0.25) is 0 Å². The molecule has 0 N–H and O–H groups in total. The summed E-state index contributed by atoms with van der Waals surface area (Å²) in [4.78, 5) is 0. The molecule has 0 atom stereocenters. The van der Waals surface area contributed by atoms with Crippen LogP contribution in [-0.4, -0.2) is 0 Å². The molecule has 3 rings (SSSR count). The second kappa shape index (κ2) is 4.37. The van der Waals surface area contributed by atoms with Crippen LogP contribution in [0.3, 0.4) is 0 Å². The Balaban J connectivity index is 2.35. The number of benzene rings is 2. The molecule has 0 bridgehead atoms. The molecule has 1 nitrogen and oxygen atoms in total. The van der Waals surface area contributed by atoms with Gasteiger partial charge in [-0.05, 0) is 18.2 Å². The van der Waals surface area contributed by atoms with Crippen molar-refractivity contribution in [2.24, 2.45) is 0 Å². The van der Waals surface area contributed by atoms with E-state index in [1.54, 1.807) is 6.07 Å². The monoisotopic (exact) mass is 280 g/mol. The van der Waals surface area contributed by atoms with E-state index in [1.807, 2.05) is 0 Å². The Morgan fingerprint density at radius 2 is 1.65 bits per heavy atom. The minimum Gasteiger partial charge on any atom is -0.455 e. The average molecular weight is 280 g/mol. The zero-order valence-corrected chi connectivity index (χ0v) is 10.0. The third-order valence-electron chi connectivity index (χ3n) is 2.97. The number of fused-ring (bicyclic) bond motifs is 1. The van der Waals surface area contributed by atoms with Gasteiger partial charge in [-0.2, -0.15) is 13.2 Å². The first-order valence-corrected chi connectivity index (χ1v) is 5.81. The fourth-order valence-corrected chi connectivity index (χ4v) is 2.16. The number of alkyl halides is 3. The molecular weight excluding hydrogens is 272 g/mol. The lowest BCUT2D eigenvalue weighted by Gasteiger charge is -2.07. The number of hydrogen-bond acceptors (Lipinski definition) is 1. The SMILES string of the molecule is Fc1cccc(-c2oc3ccccc3c2C(F)(F)F)c1. The minimum atomic E-state index is -4.58. The van der Waals surface area contributed by atoms with Crippen molar-refractivity contribution in [3.8, 4) is 11.3 Å². The summed E-state index contributed by atoms with van der Waals surface area (Å²) in [5.74, 6) is -0.978. The normalized spacial score (nSPS) is 12.0. The molecule has 1 heterocycles. The second-order valence-electron chi connectivity index (χ2n) is 4.31. The quantitative estimate of drug-likeness (QED) is 0.554. The number of furan rings is 1. The summed E-state index contributed by atoms with van der Waals surface area (Å²) in [7, 11) is 0. The van der Waals surface area contributed by atoms with E-state index >= 15 is 0 Å². The van der Waals surface area contributed by atoms with Crippen molar-refractivity contribution in [1.29, 1.82) is 0 Å². The fourth-order valence-electron chi connectivity index (χ4n) is 2.16. The summed E-state index contributed by atoms with van der Waals surface area (Å²) in [5.41, 5.74) is -0.689. The van der Waals surface area contributed by atoms with Crippen LogP contribution in [0.2, 0.25) is 0 Å². The summed E-state index contributed by atoms with van der Waals surface area (Å²) in [6.07, 6.45) is -4.58. The summed E-state index contributed by atoms with van der Waals surface area (Å²) in [5, 5.41) is -0.0285. The molecule has 0 amide bonds. The molecule has 102 valence electrons. The Hall–Kier alpha value is -2.30. The molecule has 0 unspecified atom stereocenters. The van der Waals surface area contributed by atoms with Gasteiger partial charge in [0.05, 0.1) is 0 Å². The lowest BCUT2D eigenvalue weighted by molar-refractivity contribution is -0.136. The van der Waals surface area contributed by atoms with Gasteiger partial charge >= 0.3 is 6.18 Å². The number of rotatable bonds is 1. The van der Waals surface area contributed by atoms with E-state index in [4.69, 9.17) is 4.42 Å². The van der Waals surface area contributed by atoms with Crippen LogP contribution in [0, 0.1) is 5.82 Å². The van der Waals surface area contributed by atoms with Crippen molar-refractivity contribution in [3.05, 3.63) is 59.9 Å². The van der Waals surface area contributed by atoms with Gasteiger partial charge in [-0.15, -0.1) is 0 Å². The molecule has 2 aromatic carbocycles. The van der Waals surface area contributed by atoms with Crippen LogP contribution >= 0.6 is 0 Å². The van der Waals surface area contributed by atoms with Crippen LogP contribution < -0.4 is 0 Å². The summed E-state index contributed by atoms with van der Waals surface area (Å²) in [6.45, 7) is 0. The Morgan fingerprint density at radius 3 is 2.35 bits per heavy atom. The zero-order chi connectivity index (χ0) is 14.3. The van der Waals surface area contributed by atoms with Gasteiger partial charge in [0.25, 0.3) is 0 Å². The van der Waals surface area contributed by atoms with Gasteiger partial charge in [-0.3, -0.25) is 0 Å². The Labute approximate surface area is 111 Å². The third kappa shape index (κ3) is 2.05. The molecule has 0 saturated heterocycles. The number of para-hydroxylation sites is 1. The lowest BCUT2D eigenvalue weighted by atomic mass is 10.1. The Bertz CT molecular complexity index is 771. The van der Waals surface area contributed by atoms with E-state index in [0.717, 1.165) is 6.07 Å². The fraction of sp³-hybridized carbons (Fsp3) is 0.0667. The van der Waals surface area contributed by atoms with E-state index in [9.17, 15) is 17.6 Å². The first-order valence-electron chi connectivity index (χ1n) is 5.81. The maximum Gasteiger partial charge on any atom is 0.420 e. The van der Waals surface area contributed by atoms with E-state index in [0.29, 0.717) is 0 Å².